The van der Waals surface area contributed by atoms with E-state index in [4.69, 9.17) is 4.74 Å². The summed E-state index contributed by atoms with van der Waals surface area (Å²) < 4.78 is 5.34. The van der Waals surface area contributed by atoms with Gasteiger partial charge >= 0.3 is 5.69 Å². The summed E-state index contributed by atoms with van der Waals surface area (Å²) in [6.45, 7) is 6.07. The molecule has 21 heavy (non-hydrogen) atoms. The number of nitrogens with zero attached hydrogens (tertiary/aromatic N) is 1. The van der Waals surface area contributed by atoms with Crippen molar-refractivity contribution in [2.45, 2.75) is 33.2 Å². The second-order valence-electron chi connectivity index (χ2n) is 4.83. The highest BCUT2D eigenvalue weighted by Crippen LogP contribution is 2.28. The minimum atomic E-state index is -0.490. The van der Waals surface area contributed by atoms with Crippen LogP contribution in [0, 0.1) is 10.1 Å². The van der Waals surface area contributed by atoms with Crippen LogP contribution in [-0.2, 0) is 4.79 Å². The number of nitro groups is 1. The van der Waals surface area contributed by atoms with E-state index in [2.05, 4.69) is 5.32 Å². The number of benzene rings is 1. The Labute approximate surface area is 124 Å². The van der Waals surface area contributed by atoms with Crippen LogP contribution in [0.4, 0.5) is 5.69 Å². The molecule has 0 aliphatic rings. The van der Waals surface area contributed by atoms with Gasteiger partial charge in [0.25, 0.3) is 0 Å². The third kappa shape index (κ3) is 5.64. The van der Waals surface area contributed by atoms with Crippen LogP contribution in [0.5, 0.6) is 5.75 Å². The van der Waals surface area contributed by atoms with Crippen molar-refractivity contribution in [2.24, 2.45) is 0 Å². The molecule has 0 saturated heterocycles. The lowest BCUT2D eigenvalue weighted by molar-refractivity contribution is -0.385. The SMILES string of the molecule is CCCOc1ccc(/C=C/C(=O)NC(C)C)cc1[N+](=O)[O-]. The lowest BCUT2D eigenvalue weighted by Crippen LogP contribution is -2.28. The predicted molar refractivity (Wildman–Crippen MR) is 81.2 cm³/mol. The molecule has 0 bridgehead atoms. The molecule has 0 aliphatic heterocycles. The van der Waals surface area contributed by atoms with Crippen molar-refractivity contribution in [2.75, 3.05) is 6.61 Å². The van der Waals surface area contributed by atoms with Crippen molar-refractivity contribution in [1.82, 2.24) is 5.32 Å². The van der Waals surface area contributed by atoms with Gasteiger partial charge in [-0.05, 0) is 38.0 Å². The van der Waals surface area contributed by atoms with Crippen LogP contribution < -0.4 is 10.1 Å². The van der Waals surface area contributed by atoms with Crippen molar-refractivity contribution in [3.05, 3.63) is 40.0 Å². The van der Waals surface area contributed by atoms with Crippen LogP contribution in [0.2, 0.25) is 0 Å². The maximum absolute atomic E-state index is 11.5. The molecule has 0 heterocycles. The first kappa shape index (κ1) is 16.7. The zero-order valence-electron chi connectivity index (χ0n) is 12.5. The summed E-state index contributed by atoms with van der Waals surface area (Å²) in [5.74, 6) is 0.00425. The van der Waals surface area contributed by atoms with Gasteiger partial charge < -0.3 is 10.1 Å². The number of ether oxygens (including phenoxy) is 1. The number of hydrogen-bond acceptors (Lipinski definition) is 4. The van der Waals surface area contributed by atoms with Crippen molar-refractivity contribution >= 4 is 17.7 Å². The van der Waals surface area contributed by atoms with Crippen molar-refractivity contribution in [3.63, 3.8) is 0 Å². The van der Waals surface area contributed by atoms with E-state index >= 15 is 0 Å². The lowest BCUT2D eigenvalue weighted by Gasteiger charge is -2.06. The number of nitrogens with one attached hydrogen (secondary N) is 1. The zero-order valence-corrected chi connectivity index (χ0v) is 12.5. The molecule has 0 aromatic heterocycles. The summed E-state index contributed by atoms with van der Waals surface area (Å²) in [6, 6.07) is 4.66. The molecule has 1 N–H and O–H groups in total. The van der Waals surface area contributed by atoms with E-state index in [9.17, 15) is 14.9 Å². The van der Waals surface area contributed by atoms with Gasteiger partial charge in [0.05, 0.1) is 11.5 Å². The summed E-state index contributed by atoms with van der Waals surface area (Å²) in [5, 5.41) is 13.7. The number of carbonyl (C=O) groups excluding carboxylic acids is 1. The quantitative estimate of drug-likeness (QED) is 0.476. The van der Waals surface area contributed by atoms with Gasteiger partial charge in [0.1, 0.15) is 0 Å². The number of rotatable bonds is 7. The third-order valence-electron chi connectivity index (χ3n) is 2.50. The van der Waals surface area contributed by atoms with Gasteiger partial charge in [0.15, 0.2) is 5.75 Å². The topological polar surface area (TPSA) is 81.5 Å². The Kier molecular flexibility index (Phi) is 6.39. The highest BCUT2D eigenvalue weighted by atomic mass is 16.6. The number of nitro benzene ring substituents is 1. The lowest BCUT2D eigenvalue weighted by atomic mass is 10.1. The second-order valence-corrected chi connectivity index (χ2v) is 4.83. The first-order valence-electron chi connectivity index (χ1n) is 6.83. The fourth-order valence-electron chi connectivity index (χ4n) is 1.62. The number of hydrogen-bond donors (Lipinski definition) is 1. The molecular formula is C15H20N2O4. The summed E-state index contributed by atoms with van der Waals surface area (Å²) in [6.07, 6.45) is 3.66. The Balaban J connectivity index is 2.90. The molecule has 0 fully saturated rings. The molecule has 6 heteroatoms. The van der Waals surface area contributed by atoms with Gasteiger partial charge in [-0.3, -0.25) is 14.9 Å². The van der Waals surface area contributed by atoms with E-state index in [0.717, 1.165) is 6.42 Å². The molecule has 0 unspecified atom stereocenters. The first-order chi connectivity index (χ1) is 9.93. The molecule has 0 atom stereocenters. The van der Waals surface area contributed by atoms with Gasteiger partial charge in [-0.1, -0.05) is 13.0 Å². The summed E-state index contributed by atoms with van der Waals surface area (Å²) in [7, 11) is 0. The van der Waals surface area contributed by atoms with Gasteiger partial charge in [-0.2, -0.15) is 0 Å². The predicted octanol–water partition coefficient (Wildman–Crippen LogP) is 2.92. The fourth-order valence-corrected chi connectivity index (χ4v) is 1.62. The van der Waals surface area contributed by atoms with E-state index in [-0.39, 0.29) is 23.4 Å². The van der Waals surface area contributed by atoms with Crippen molar-refractivity contribution in [3.8, 4) is 5.75 Å². The van der Waals surface area contributed by atoms with Gasteiger partial charge in [-0.15, -0.1) is 0 Å². The van der Waals surface area contributed by atoms with Crippen LogP contribution in [-0.4, -0.2) is 23.5 Å². The molecule has 1 aromatic rings. The highest BCUT2D eigenvalue weighted by Gasteiger charge is 2.15. The Hall–Kier alpha value is -2.37. The molecule has 0 spiro atoms. The molecular weight excluding hydrogens is 272 g/mol. The van der Waals surface area contributed by atoms with Crippen molar-refractivity contribution in [1.29, 1.82) is 0 Å². The second kappa shape index (κ2) is 8.04. The molecule has 0 radical (unpaired) electrons. The summed E-state index contributed by atoms with van der Waals surface area (Å²) in [4.78, 5) is 22.1. The Morgan fingerprint density at radius 1 is 1.48 bits per heavy atom. The Morgan fingerprint density at radius 3 is 2.76 bits per heavy atom. The molecule has 0 saturated carbocycles. The van der Waals surface area contributed by atoms with Crippen molar-refractivity contribution < 1.29 is 14.5 Å². The molecule has 1 amide bonds. The van der Waals surface area contributed by atoms with E-state index in [0.29, 0.717) is 12.2 Å². The average molecular weight is 292 g/mol. The van der Waals surface area contributed by atoms with Gasteiger partial charge in [0.2, 0.25) is 5.91 Å². The number of amides is 1. The normalized spacial score (nSPS) is 10.9. The van der Waals surface area contributed by atoms with Crippen LogP contribution in [0.25, 0.3) is 6.08 Å². The van der Waals surface area contributed by atoms with Gasteiger partial charge in [-0.25, -0.2) is 0 Å². The minimum Gasteiger partial charge on any atom is -0.487 e. The van der Waals surface area contributed by atoms with Crippen LogP contribution in [0.15, 0.2) is 24.3 Å². The zero-order chi connectivity index (χ0) is 15.8. The summed E-state index contributed by atoms with van der Waals surface area (Å²) >= 11 is 0. The van der Waals surface area contributed by atoms with E-state index in [1.165, 1.54) is 18.2 Å². The largest absolute Gasteiger partial charge is 0.487 e. The molecule has 114 valence electrons. The van der Waals surface area contributed by atoms with E-state index in [1.54, 1.807) is 12.1 Å². The number of carbonyl (C=O) groups is 1. The first-order valence-corrected chi connectivity index (χ1v) is 6.83. The maximum Gasteiger partial charge on any atom is 0.311 e. The summed E-state index contributed by atoms with van der Waals surface area (Å²) in [5.41, 5.74) is 0.472. The van der Waals surface area contributed by atoms with Crippen LogP contribution in [0.3, 0.4) is 0 Å². The van der Waals surface area contributed by atoms with E-state index < -0.39 is 4.92 Å². The third-order valence-corrected chi connectivity index (χ3v) is 2.50. The molecule has 1 aromatic carbocycles. The monoisotopic (exact) mass is 292 g/mol. The molecule has 6 nitrogen and oxygen atoms in total. The minimum absolute atomic E-state index is 0.0429. The molecule has 0 aliphatic carbocycles. The Morgan fingerprint density at radius 2 is 2.19 bits per heavy atom. The van der Waals surface area contributed by atoms with Crippen LogP contribution in [0.1, 0.15) is 32.8 Å². The average Bonchev–Trinajstić information content (AvgIpc) is 2.42. The fraction of sp³-hybridized carbons (Fsp3) is 0.400. The standard InChI is InChI=1S/C15H20N2O4/c1-4-9-21-14-7-5-12(10-13(14)17(19)20)6-8-15(18)16-11(2)3/h5-8,10-11H,4,9H2,1-3H3,(H,16,18)/b8-6+. The van der Waals surface area contributed by atoms with E-state index in [1.807, 2.05) is 20.8 Å². The van der Waals surface area contributed by atoms with Crippen LogP contribution >= 0.6 is 0 Å². The van der Waals surface area contributed by atoms with Gasteiger partial charge in [0, 0.05) is 18.2 Å². The maximum atomic E-state index is 11.5. The smallest absolute Gasteiger partial charge is 0.311 e. The molecule has 1 rings (SSSR count). The highest BCUT2D eigenvalue weighted by molar-refractivity contribution is 5.92. The Bertz CT molecular complexity index is 538.